The Kier molecular flexibility index (Phi) is 8.73. The normalized spacial score (nSPS) is 12.4. The van der Waals surface area contributed by atoms with Gasteiger partial charge in [-0.2, -0.15) is 13.2 Å². The van der Waals surface area contributed by atoms with Crippen LogP contribution in [0.2, 0.25) is 0 Å². The third-order valence-corrected chi connectivity index (χ3v) is 6.15. The number of aromatic nitrogens is 1. The number of carbonyl (C=O) groups is 2. The number of anilines is 1. The molecule has 5 nitrogen and oxygen atoms in total. The molecule has 10 heteroatoms. The van der Waals surface area contributed by atoms with Crippen molar-refractivity contribution in [3.63, 3.8) is 0 Å². The standard InChI is InChI=1S/C27H27F5N2O3/c1-3-16(2)34-20(6-4-5-18-8-9-19(28)15-22(18)29)10-12-24(34)26(37)33-23-13-17(14-25(35)36)7-11-21(23)27(30,31)32/h7-13,15-16H,3-6,14H2,1-2H3,(H,33,37)(H,35,36)/t16-/m0/s1. The Balaban J connectivity index is 1.86. The summed E-state index contributed by atoms with van der Waals surface area (Å²) in [5, 5.41) is 11.3. The molecular formula is C27H27F5N2O3. The van der Waals surface area contributed by atoms with Crippen LogP contribution in [0.15, 0.2) is 48.5 Å². The molecule has 0 bridgehead atoms. The molecule has 2 aromatic carbocycles. The van der Waals surface area contributed by atoms with E-state index in [2.05, 4.69) is 5.32 Å². The van der Waals surface area contributed by atoms with Gasteiger partial charge in [-0.05, 0) is 74.1 Å². The summed E-state index contributed by atoms with van der Waals surface area (Å²) in [7, 11) is 0. The summed E-state index contributed by atoms with van der Waals surface area (Å²) in [6, 6.07) is 9.28. The first-order valence-electron chi connectivity index (χ1n) is 11.8. The zero-order chi connectivity index (χ0) is 27.3. The van der Waals surface area contributed by atoms with Crippen LogP contribution in [0.25, 0.3) is 0 Å². The van der Waals surface area contributed by atoms with Crippen LogP contribution in [0.4, 0.5) is 27.6 Å². The number of carboxylic acids is 1. The Morgan fingerprint density at radius 1 is 1.03 bits per heavy atom. The number of aryl methyl sites for hydroxylation is 2. The Morgan fingerprint density at radius 2 is 1.76 bits per heavy atom. The summed E-state index contributed by atoms with van der Waals surface area (Å²) in [6.07, 6.45) is -3.33. The van der Waals surface area contributed by atoms with Crippen LogP contribution in [-0.2, 0) is 30.2 Å². The molecule has 0 saturated carbocycles. The number of carbonyl (C=O) groups excluding carboxylic acids is 1. The minimum Gasteiger partial charge on any atom is -0.481 e. The number of carboxylic acid groups (broad SMARTS) is 1. The molecule has 0 aliphatic heterocycles. The zero-order valence-electron chi connectivity index (χ0n) is 20.3. The summed E-state index contributed by atoms with van der Waals surface area (Å²) >= 11 is 0. The highest BCUT2D eigenvalue weighted by atomic mass is 19.4. The molecule has 0 saturated heterocycles. The lowest BCUT2D eigenvalue weighted by molar-refractivity contribution is -0.137. The average Bonchev–Trinajstić information content (AvgIpc) is 3.23. The maximum absolute atomic E-state index is 14.0. The van der Waals surface area contributed by atoms with Crippen LogP contribution in [-0.4, -0.2) is 21.6 Å². The van der Waals surface area contributed by atoms with Gasteiger partial charge < -0.3 is 15.0 Å². The van der Waals surface area contributed by atoms with E-state index >= 15 is 0 Å². The van der Waals surface area contributed by atoms with Crippen molar-refractivity contribution in [2.75, 3.05) is 5.32 Å². The van der Waals surface area contributed by atoms with E-state index in [1.54, 1.807) is 10.6 Å². The highest BCUT2D eigenvalue weighted by Gasteiger charge is 2.34. The second-order valence-electron chi connectivity index (χ2n) is 8.83. The first-order valence-corrected chi connectivity index (χ1v) is 11.8. The van der Waals surface area contributed by atoms with Gasteiger partial charge in [0.2, 0.25) is 0 Å². The number of rotatable bonds is 10. The largest absolute Gasteiger partial charge is 0.481 e. The number of amides is 1. The highest BCUT2D eigenvalue weighted by Crippen LogP contribution is 2.36. The first-order chi connectivity index (χ1) is 17.4. The van der Waals surface area contributed by atoms with Crippen molar-refractivity contribution in [3.05, 3.63) is 88.2 Å². The van der Waals surface area contributed by atoms with Gasteiger partial charge >= 0.3 is 12.1 Å². The molecular weight excluding hydrogens is 495 g/mol. The molecule has 1 atom stereocenters. The summed E-state index contributed by atoms with van der Waals surface area (Å²) in [5.41, 5.74) is -0.241. The maximum atomic E-state index is 14.0. The van der Waals surface area contributed by atoms with Crippen molar-refractivity contribution < 1.29 is 36.6 Å². The van der Waals surface area contributed by atoms with E-state index in [9.17, 15) is 31.5 Å². The fourth-order valence-corrected chi connectivity index (χ4v) is 4.18. The van der Waals surface area contributed by atoms with E-state index in [0.29, 0.717) is 31.2 Å². The number of alkyl halides is 3. The second-order valence-corrected chi connectivity index (χ2v) is 8.83. The molecule has 2 N–H and O–H groups in total. The average molecular weight is 523 g/mol. The number of nitrogens with zero attached hydrogens (tertiary/aromatic N) is 1. The molecule has 0 aliphatic carbocycles. The van der Waals surface area contributed by atoms with Crippen LogP contribution >= 0.6 is 0 Å². The van der Waals surface area contributed by atoms with Gasteiger partial charge in [-0.15, -0.1) is 0 Å². The lowest BCUT2D eigenvalue weighted by Crippen LogP contribution is -2.22. The van der Waals surface area contributed by atoms with E-state index in [1.165, 1.54) is 18.2 Å². The number of hydrogen-bond acceptors (Lipinski definition) is 2. The SMILES string of the molecule is CC[C@H](C)n1c(CCCc2ccc(F)cc2F)ccc1C(=O)Nc1cc(CC(=O)O)ccc1C(F)(F)F. The zero-order valence-corrected chi connectivity index (χ0v) is 20.3. The van der Waals surface area contributed by atoms with E-state index in [0.717, 1.165) is 30.0 Å². The lowest BCUT2D eigenvalue weighted by atomic mass is 10.1. The monoisotopic (exact) mass is 522 g/mol. The van der Waals surface area contributed by atoms with Crippen molar-refractivity contribution in [2.24, 2.45) is 0 Å². The fraction of sp³-hybridized carbons (Fsp3) is 0.333. The third kappa shape index (κ3) is 6.96. The summed E-state index contributed by atoms with van der Waals surface area (Å²) in [5.74, 6) is -3.28. The molecule has 0 unspecified atom stereocenters. The van der Waals surface area contributed by atoms with Gasteiger partial charge in [0.15, 0.2) is 0 Å². The molecule has 1 amide bonds. The van der Waals surface area contributed by atoms with Gasteiger partial charge in [-0.3, -0.25) is 9.59 Å². The summed E-state index contributed by atoms with van der Waals surface area (Å²) in [6.45, 7) is 3.77. The Labute approximate surface area is 210 Å². The topological polar surface area (TPSA) is 71.3 Å². The molecule has 3 aromatic rings. The van der Waals surface area contributed by atoms with Gasteiger partial charge in [0.05, 0.1) is 17.7 Å². The number of hydrogen-bond donors (Lipinski definition) is 2. The van der Waals surface area contributed by atoms with Crippen molar-refractivity contribution in [1.82, 2.24) is 4.57 Å². The van der Waals surface area contributed by atoms with Crippen LogP contribution in [0.3, 0.4) is 0 Å². The van der Waals surface area contributed by atoms with Crippen molar-refractivity contribution in [1.29, 1.82) is 0 Å². The summed E-state index contributed by atoms with van der Waals surface area (Å²) < 4.78 is 69.6. The van der Waals surface area contributed by atoms with Crippen LogP contribution in [0.1, 0.15) is 65.6 Å². The van der Waals surface area contributed by atoms with Crippen molar-refractivity contribution in [2.45, 2.75) is 58.2 Å². The number of halogens is 5. The predicted molar refractivity (Wildman–Crippen MR) is 129 cm³/mol. The molecule has 198 valence electrons. The van der Waals surface area contributed by atoms with Crippen LogP contribution in [0, 0.1) is 11.6 Å². The van der Waals surface area contributed by atoms with Crippen LogP contribution < -0.4 is 5.32 Å². The Bertz CT molecular complexity index is 1280. The van der Waals surface area contributed by atoms with Gasteiger partial charge in [-0.1, -0.05) is 19.1 Å². The lowest BCUT2D eigenvalue weighted by Gasteiger charge is -2.20. The van der Waals surface area contributed by atoms with E-state index in [4.69, 9.17) is 5.11 Å². The van der Waals surface area contributed by atoms with Crippen molar-refractivity contribution >= 4 is 17.6 Å². The molecule has 0 fully saturated rings. The molecule has 0 aliphatic rings. The molecule has 0 spiro atoms. The van der Waals surface area contributed by atoms with Crippen LogP contribution in [0.5, 0.6) is 0 Å². The molecule has 1 heterocycles. The second kappa shape index (κ2) is 11.6. The van der Waals surface area contributed by atoms with E-state index < -0.39 is 47.4 Å². The Hall–Kier alpha value is -3.69. The predicted octanol–water partition coefficient (Wildman–Crippen LogP) is 6.81. The van der Waals surface area contributed by atoms with Gasteiger partial charge in [-0.25, -0.2) is 8.78 Å². The maximum Gasteiger partial charge on any atom is 0.418 e. The summed E-state index contributed by atoms with van der Waals surface area (Å²) in [4.78, 5) is 24.2. The first kappa shape index (κ1) is 27.9. The molecule has 1 aromatic heterocycles. The number of benzene rings is 2. The fourth-order valence-electron chi connectivity index (χ4n) is 4.18. The Morgan fingerprint density at radius 3 is 2.38 bits per heavy atom. The number of aliphatic carboxylic acids is 1. The molecule has 37 heavy (non-hydrogen) atoms. The minimum absolute atomic E-state index is 0.113. The molecule has 3 rings (SSSR count). The van der Waals surface area contributed by atoms with E-state index in [1.807, 2.05) is 13.8 Å². The minimum atomic E-state index is -4.76. The third-order valence-electron chi connectivity index (χ3n) is 6.15. The van der Waals surface area contributed by atoms with Gasteiger partial charge in [0.25, 0.3) is 5.91 Å². The van der Waals surface area contributed by atoms with E-state index in [-0.39, 0.29) is 17.3 Å². The molecule has 0 radical (unpaired) electrons. The quantitative estimate of drug-likeness (QED) is 0.287. The van der Waals surface area contributed by atoms with Gasteiger partial charge in [0.1, 0.15) is 17.3 Å². The highest BCUT2D eigenvalue weighted by molar-refractivity contribution is 6.04. The van der Waals surface area contributed by atoms with Gasteiger partial charge in [0, 0.05) is 17.8 Å². The van der Waals surface area contributed by atoms with Crippen molar-refractivity contribution in [3.8, 4) is 0 Å². The number of nitrogens with one attached hydrogen (secondary N) is 1. The smallest absolute Gasteiger partial charge is 0.418 e.